The van der Waals surface area contributed by atoms with Crippen molar-refractivity contribution in [1.29, 1.82) is 0 Å². The van der Waals surface area contributed by atoms with E-state index in [2.05, 4.69) is 23.6 Å². The average molecular weight is 334 g/mol. The minimum Gasteiger partial charge on any atom is -0.490 e. The van der Waals surface area contributed by atoms with Crippen molar-refractivity contribution >= 4 is 0 Å². The summed E-state index contributed by atoms with van der Waals surface area (Å²) in [4.78, 5) is 17.1. The van der Waals surface area contributed by atoms with Gasteiger partial charge in [-0.25, -0.2) is 0 Å². The van der Waals surface area contributed by atoms with E-state index in [1.165, 1.54) is 45.7 Å². The summed E-state index contributed by atoms with van der Waals surface area (Å²) in [5, 5.41) is 0. The maximum absolute atomic E-state index is 11.9. The molecule has 3 rings (SSSR count). The van der Waals surface area contributed by atoms with Gasteiger partial charge in [0.1, 0.15) is 12.0 Å². The summed E-state index contributed by atoms with van der Waals surface area (Å²) in [6.45, 7) is 9.87. The molecule has 1 aliphatic carbocycles. The molecule has 2 aliphatic rings. The maximum atomic E-state index is 11.9. The summed E-state index contributed by atoms with van der Waals surface area (Å²) < 4.78 is 10.6. The normalized spacial score (nSPS) is 23.4. The molecule has 2 fully saturated rings. The Labute approximate surface area is 144 Å². The fourth-order valence-electron chi connectivity index (χ4n) is 3.66. The van der Waals surface area contributed by atoms with Crippen molar-refractivity contribution in [2.24, 2.45) is 11.8 Å². The summed E-state index contributed by atoms with van der Waals surface area (Å²) in [6.07, 6.45) is 5.41. The van der Waals surface area contributed by atoms with E-state index in [9.17, 15) is 4.79 Å². The number of rotatable bonds is 6. The molecule has 0 N–H and O–H groups in total. The van der Waals surface area contributed by atoms with Gasteiger partial charge in [0.15, 0.2) is 0 Å². The first-order valence-electron chi connectivity index (χ1n) is 9.19. The van der Waals surface area contributed by atoms with Crippen LogP contribution in [0.1, 0.15) is 38.9 Å². The van der Waals surface area contributed by atoms with Gasteiger partial charge in [-0.1, -0.05) is 13.8 Å². The summed E-state index contributed by atoms with van der Waals surface area (Å²) in [6, 6.07) is 2.15. The van der Waals surface area contributed by atoms with Gasteiger partial charge in [-0.2, -0.15) is 0 Å². The molecule has 5 nitrogen and oxygen atoms in total. The molecule has 134 valence electrons. The minimum absolute atomic E-state index is 0.107. The molecule has 1 atom stereocenters. The van der Waals surface area contributed by atoms with Crippen molar-refractivity contribution in [3.63, 3.8) is 0 Å². The lowest BCUT2D eigenvalue weighted by molar-refractivity contribution is 0.128. The van der Waals surface area contributed by atoms with E-state index in [1.54, 1.807) is 6.07 Å². The maximum Gasteiger partial charge on any atom is 0.227 e. The molecule has 0 bridgehead atoms. The lowest BCUT2D eigenvalue weighted by Gasteiger charge is -2.34. The van der Waals surface area contributed by atoms with Gasteiger partial charge in [-0.05, 0) is 44.2 Å². The van der Waals surface area contributed by atoms with E-state index in [-0.39, 0.29) is 11.2 Å². The second-order valence-electron chi connectivity index (χ2n) is 7.62. The summed E-state index contributed by atoms with van der Waals surface area (Å²) in [5.41, 5.74) is -0.107. The van der Waals surface area contributed by atoms with E-state index < -0.39 is 0 Å². The molecule has 0 unspecified atom stereocenters. The highest BCUT2D eigenvalue weighted by Crippen LogP contribution is 2.32. The second kappa shape index (κ2) is 7.70. The Balaban J connectivity index is 1.67. The highest BCUT2D eigenvalue weighted by Gasteiger charge is 2.32. The molecule has 24 heavy (non-hydrogen) atoms. The fraction of sp³-hybridized carbons (Fsp3) is 0.737. The third-order valence-electron chi connectivity index (χ3n) is 5.24. The second-order valence-corrected chi connectivity index (χ2v) is 7.62. The predicted molar refractivity (Wildman–Crippen MR) is 94.3 cm³/mol. The molecule has 1 saturated carbocycles. The van der Waals surface area contributed by atoms with Crippen molar-refractivity contribution in [2.45, 2.75) is 45.7 Å². The molecule has 1 aliphatic heterocycles. The Kier molecular flexibility index (Phi) is 5.61. The van der Waals surface area contributed by atoms with Crippen molar-refractivity contribution in [3.8, 4) is 5.75 Å². The Morgan fingerprint density at radius 1 is 1.33 bits per heavy atom. The molecule has 1 aromatic rings. The summed E-state index contributed by atoms with van der Waals surface area (Å²) >= 11 is 0. The number of nitrogens with zero attached hydrogens (tertiary/aromatic N) is 2. The number of hydrogen-bond donors (Lipinski definition) is 0. The van der Waals surface area contributed by atoms with E-state index in [4.69, 9.17) is 9.15 Å². The molecular weight excluding hydrogens is 304 g/mol. The van der Waals surface area contributed by atoms with Crippen LogP contribution in [0.5, 0.6) is 5.75 Å². The fourth-order valence-corrected chi connectivity index (χ4v) is 3.66. The van der Waals surface area contributed by atoms with Crippen LogP contribution in [-0.4, -0.2) is 49.1 Å². The zero-order valence-electron chi connectivity index (χ0n) is 15.2. The van der Waals surface area contributed by atoms with Crippen LogP contribution < -0.4 is 10.2 Å². The largest absolute Gasteiger partial charge is 0.490 e. The highest BCUT2D eigenvalue weighted by molar-refractivity contribution is 5.17. The van der Waals surface area contributed by atoms with E-state index in [0.29, 0.717) is 18.5 Å². The van der Waals surface area contributed by atoms with Crippen molar-refractivity contribution in [1.82, 2.24) is 9.80 Å². The third-order valence-corrected chi connectivity index (χ3v) is 5.24. The molecule has 0 amide bonds. The molecular formula is C19H30N2O3. The van der Waals surface area contributed by atoms with Crippen molar-refractivity contribution in [3.05, 3.63) is 28.3 Å². The molecule has 1 saturated heterocycles. The van der Waals surface area contributed by atoms with Crippen LogP contribution in [0, 0.1) is 11.8 Å². The van der Waals surface area contributed by atoms with Gasteiger partial charge in [0.25, 0.3) is 0 Å². The topological polar surface area (TPSA) is 45.9 Å². The van der Waals surface area contributed by atoms with Gasteiger partial charge in [-0.15, -0.1) is 0 Å². The molecule has 0 spiro atoms. The minimum atomic E-state index is -0.107. The number of hydrogen-bond acceptors (Lipinski definition) is 5. The molecule has 0 aromatic carbocycles. The van der Waals surface area contributed by atoms with Crippen LogP contribution in [0.3, 0.4) is 0 Å². The van der Waals surface area contributed by atoms with Gasteiger partial charge in [0.2, 0.25) is 11.2 Å². The van der Waals surface area contributed by atoms with Crippen LogP contribution >= 0.6 is 0 Å². The van der Waals surface area contributed by atoms with Gasteiger partial charge in [-0.3, -0.25) is 14.6 Å². The van der Waals surface area contributed by atoms with Crippen molar-refractivity contribution in [2.75, 3.05) is 33.3 Å². The molecule has 5 heteroatoms. The van der Waals surface area contributed by atoms with Crippen molar-refractivity contribution < 1.29 is 9.15 Å². The lowest BCUT2D eigenvalue weighted by atomic mass is 10.0. The average Bonchev–Trinajstić information content (AvgIpc) is 3.36. The summed E-state index contributed by atoms with van der Waals surface area (Å²) in [5.74, 6) is 2.55. The number of methoxy groups -OCH3 is 1. The zero-order valence-corrected chi connectivity index (χ0v) is 15.2. The zero-order chi connectivity index (χ0) is 17.1. The highest BCUT2D eigenvalue weighted by atomic mass is 16.5. The van der Waals surface area contributed by atoms with Crippen LogP contribution in [0.4, 0.5) is 0 Å². The van der Waals surface area contributed by atoms with E-state index in [1.807, 2.05) is 0 Å². The smallest absolute Gasteiger partial charge is 0.227 e. The van der Waals surface area contributed by atoms with Crippen LogP contribution in [-0.2, 0) is 6.54 Å². The first kappa shape index (κ1) is 17.5. The lowest BCUT2D eigenvalue weighted by Crippen LogP contribution is -2.45. The SMILES string of the molecule is COc1coc(CN2CCCN(CC3CC3)[C@H](C(C)C)C2)cc1=O. The Bertz CT molecular complexity index is 595. The van der Waals surface area contributed by atoms with Gasteiger partial charge in [0.05, 0.1) is 13.7 Å². The summed E-state index contributed by atoms with van der Waals surface area (Å²) in [7, 11) is 1.49. The third kappa shape index (κ3) is 4.39. The van der Waals surface area contributed by atoms with E-state index in [0.717, 1.165) is 24.8 Å². The first-order chi connectivity index (χ1) is 11.6. The Hall–Kier alpha value is -1.33. The monoisotopic (exact) mass is 334 g/mol. The van der Waals surface area contributed by atoms with E-state index >= 15 is 0 Å². The van der Waals surface area contributed by atoms with Gasteiger partial charge < -0.3 is 9.15 Å². The molecule has 1 aromatic heterocycles. The number of ether oxygens (including phenoxy) is 1. The van der Waals surface area contributed by atoms with Gasteiger partial charge in [0, 0.05) is 25.2 Å². The quantitative estimate of drug-likeness (QED) is 0.800. The van der Waals surface area contributed by atoms with Crippen LogP contribution in [0.25, 0.3) is 0 Å². The Morgan fingerprint density at radius 3 is 2.75 bits per heavy atom. The van der Waals surface area contributed by atoms with Gasteiger partial charge >= 0.3 is 0 Å². The van der Waals surface area contributed by atoms with Crippen LogP contribution in [0.15, 0.2) is 21.5 Å². The van der Waals surface area contributed by atoms with Crippen LogP contribution in [0.2, 0.25) is 0 Å². The first-order valence-corrected chi connectivity index (χ1v) is 9.19. The standard InChI is InChI=1S/C19H30N2O3/c1-14(2)17-12-20(7-4-8-21(17)10-15-5-6-15)11-16-9-18(22)19(23-3)13-24-16/h9,13-15,17H,4-8,10-12H2,1-3H3/t17-/m0/s1. The predicted octanol–water partition coefficient (Wildman–Crippen LogP) is 2.59. The molecule has 0 radical (unpaired) electrons. The Morgan fingerprint density at radius 2 is 2.12 bits per heavy atom. The molecule has 2 heterocycles.